The van der Waals surface area contributed by atoms with Crippen LogP contribution in [0.5, 0.6) is 0 Å². The quantitative estimate of drug-likeness (QED) is 0.469. The molecular weight excluding hydrogens is 233 g/mol. The molecule has 0 atom stereocenters. The number of hydrogen-bond donors (Lipinski definition) is 0. The van der Waals surface area contributed by atoms with Gasteiger partial charge in [0.05, 0.1) is 17.5 Å². The van der Waals surface area contributed by atoms with Gasteiger partial charge in [-0.15, -0.1) is 0 Å². The number of carbonyl (C=O) groups excluding carboxylic acids is 1. The van der Waals surface area contributed by atoms with E-state index in [4.69, 9.17) is 0 Å². The summed E-state index contributed by atoms with van der Waals surface area (Å²) in [5.41, 5.74) is 0.555. The summed E-state index contributed by atoms with van der Waals surface area (Å²) in [7, 11) is -4.62. The number of hydrogen-bond acceptors (Lipinski definition) is 6. The van der Waals surface area contributed by atoms with Gasteiger partial charge in [-0.3, -0.25) is 9.78 Å². The van der Waals surface area contributed by atoms with Crippen molar-refractivity contribution in [2.45, 2.75) is 19.7 Å². The summed E-state index contributed by atoms with van der Waals surface area (Å²) in [5, 5.41) is 0. The molecule has 0 aliphatic heterocycles. The number of aromatic nitrogens is 1. The van der Waals surface area contributed by atoms with Crippen molar-refractivity contribution in [1.29, 1.82) is 0 Å². The third-order valence-electron chi connectivity index (χ3n) is 1.64. The van der Waals surface area contributed by atoms with E-state index in [1.54, 1.807) is 12.1 Å². The molecule has 0 saturated carbocycles. The molecule has 6 nitrogen and oxygen atoms in total. The van der Waals surface area contributed by atoms with Crippen LogP contribution in [0.2, 0.25) is 0 Å². The fraction of sp³-hybridized carbons (Fsp3) is 0.333. The average Bonchev–Trinajstić information content (AvgIpc) is 2.12. The summed E-state index contributed by atoms with van der Waals surface area (Å²) < 4.78 is 4.69. The minimum Gasteiger partial charge on any atom is -0.687 e. The molecule has 0 unspecified atom stereocenters. The largest absolute Gasteiger partial charge is 0.687 e. The van der Waals surface area contributed by atoms with Gasteiger partial charge in [0.15, 0.2) is 0 Å². The van der Waals surface area contributed by atoms with E-state index in [9.17, 15) is 19.5 Å². The van der Waals surface area contributed by atoms with Crippen LogP contribution in [0.1, 0.15) is 18.3 Å². The second-order valence-corrected chi connectivity index (χ2v) is 4.71. The van der Waals surface area contributed by atoms with Crippen LogP contribution >= 0.6 is 7.94 Å². The van der Waals surface area contributed by atoms with Crippen molar-refractivity contribution in [2.75, 3.05) is 0 Å². The summed E-state index contributed by atoms with van der Waals surface area (Å²) in [5.74, 6) is -0.453. The van der Waals surface area contributed by atoms with Crippen LogP contribution in [-0.2, 0) is 22.3 Å². The molecule has 0 aliphatic rings. The van der Waals surface area contributed by atoms with E-state index >= 15 is 0 Å². The van der Waals surface area contributed by atoms with Gasteiger partial charge < -0.3 is 19.4 Å². The Hall–Kier alpha value is -1.07. The van der Waals surface area contributed by atoms with Gasteiger partial charge in [-0.1, -0.05) is 6.07 Å². The van der Waals surface area contributed by atoms with E-state index in [2.05, 4.69) is 9.72 Å². The van der Waals surface area contributed by atoms with Crippen LogP contribution in [0.15, 0.2) is 18.2 Å². The first-order valence-corrected chi connectivity index (χ1v) is 6.19. The third kappa shape index (κ3) is 5.14. The average molecular weight is 243 g/mol. The second-order valence-electron chi connectivity index (χ2n) is 3.17. The first kappa shape index (κ1) is 13.0. The predicted octanol–water partition coefficient (Wildman–Crippen LogP) is -1.51. The number of esters is 1. The molecule has 7 heteroatoms. The van der Waals surface area contributed by atoms with Crippen LogP contribution in [0, 0.1) is 0 Å². The number of pyridine rings is 1. The van der Waals surface area contributed by atoms with E-state index in [1.807, 2.05) is 0 Å². The maximum Gasteiger partial charge on any atom is 0.303 e. The van der Waals surface area contributed by atoms with Crippen molar-refractivity contribution in [3.63, 3.8) is 0 Å². The summed E-state index contributed by atoms with van der Waals surface area (Å²) in [6.07, 6.45) is -0.638. The van der Waals surface area contributed by atoms with E-state index < -0.39 is 20.1 Å². The minimum absolute atomic E-state index is 0.0365. The molecule has 0 fully saturated rings. The molecule has 0 radical (unpaired) electrons. The lowest BCUT2D eigenvalue weighted by Crippen LogP contribution is -2.34. The van der Waals surface area contributed by atoms with Gasteiger partial charge >= 0.3 is 5.97 Å². The second kappa shape index (κ2) is 5.32. The van der Waals surface area contributed by atoms with E-state index in [-0.39, 0.29) is 12.3 Å². The van der Waals surface area contributed by atoms with Gasteiger partial charge in [0.25, 0.3) is 0 Å². The summed E-state index contributed by atoms with van der Waals surface area (Å²) in [4.78, 5) is 46.0. The van der Waals surface area contributed by atoms with Gasteiger partial charge in [0.2, 0.25) is 0 Å². The first-order chi connectivity index (χ1) is 7.37. The lowest BCUT2D eigenvalue weighted by Gasteiger charge is -2.41. The van der Waals surface area contributed by atoms with Gasteiger partial charge in [-0.2, -0.15) is 7.94 Å². The number of nitrogens with zero attached hydrogens (tertiary/aromatic N) is 1. The molecular formula is C9H10NO5P-2. The molecule has 0 aromatic carbocycles. The smallest absolute Gasteiger partial charge is 0.303 e. The Kier molecular flexibility index (Phi) is 4.32. The Morgan fingerprint density at radius 3 is 2.56 bits per heavy atom. The molecule has 0 spiro atoms. The summed E-state index contributed by atoms with van der Waals surface area (Å²) in [6.45, 7) is 1.22. The van der Waals surface area contributed by atoms with Gasteiger partial charge in [0, 0.05) is 6.92 Å². The standard InChI is InChI=1S/C9H12NO5P/c1-7(11)15-5-8-3-2-4-9(10-8)6-16(12,13)14/h2-4H,5-6H2,1H3,(H2,12,13,14)/p-2. The van der Waals surface area contributed by atoms with Gasteiger partial charge in [-0.05, 0) is 12.1 Å². The maximum atomic E-state index is 10.5. The van der Waals surface area contributed by atoms with Crippen molar-refractivity contribution in [1.82, 2.24) is 4.98 Å². The van der Waals surface area contributed by atoms with Gasteiger partial charge in [-0.25, -0.2) is 0 Å². The monoisotopic (exact) mass is 243 g/mol. The summed E-state index contributed by atoms with van der Waals surface area (Å²) >= 11 is 0. The Labute approximate surface area is 93.1 Å². The van der Waals surface area contributed by atoms with Crippen molar-refractivity contribution < 1.29 is 24.2 Å². The Bertz CT molecular complexity index is 376. The number of rotatable bonds is 4. The fourth-order valence-corrected chi connectivity index (χ4v) is 1.64. The zero-order valence-corrected chi connectivity index (χ0v) is 9.48. The molecule has 16 heavy (non-hydrogen) atoms. The molecule has 1 heterocycles. The number of ether oxygens (including phenoxy) is 1. The lowest BCUT2D eigenvalue weighted by atomic mass is 10.3. The lowest BCUT2D eigenvalue weighted by molar-refractivity contribution is -0.428. The highest BCUT2D eigenvalue weighted by Crippen LogP contribution is 2.32. The van der Waals surface area contributed by atoms with Crippen LogP contribution in [0.3, 0.4) is 0 Å². The summed E-state index contributed by atoms with van der Waals surface area (Å²) in [6, 6.07) is 4.56. The molecule has 0 N–H and O–H groups in total. The first-order valence-electron chi connectivity index (χ1n) is 4.46. The van der Waals surface area contributed by atoms with Crippen LogP contribution < -0.4 is 14.7 Å². The van der Waals surface area contributed by atoms with E-state index in [1.165, 1.54) is 13.0 Å². The highest BCUT2D eigenvalue weighted by molar-refractivity contribution is 7.53. The Morgan fingerprint density at radius 1 is 1.38 bits per heavy atom. The maximum absolute atomic E-state index is 10.5. The normalized spacial score (nSPS) is 11.2. The molecule has 1 aromatic rings. The fourth-order valence-electron chi connectivity index (χ4n) is 1.07. The molecule has 0 saturated heterocycles. The van der Waals surface area contributed by atoms with E-state index in [0.29, 0.717) is 5.69 Å². The van der Waals surface area contributed by atoms with Crippen molar-refractivity contribution >= 4 is 13.9 Å². The molecule has 0 amide bonds. The van der Waals surface area contributed by atoms with Crippen LogP contribution in [0.25, 0.3) is 0 Å². The SMILES string of the molecule is CC(=O)OCc1cccc(C[P+]([O-])([O-])[O-])n1. The topological polar surface area (TPSA) is 108 Å². The van der Waals surface area contributed by atoms with Crippen LogP contribution in [0.4, 0.5) is 0 Å². The minimum atomic E-state index is -4.62. The zero-order valence-electron chi connectivity index (χ0n) is 8.58. The predicted molar refractivity (Wildman–Crippen MR) is 50.3 cm³/mol. The zero-order chi connectivity index (χ0) is 12.2. The van der Waals surface area contributed by atoms with Gasteiger partial charge in [0.1, 0.15) is 6.61 Å². The van der Waals surface area contributed by atoms with E-state index in [0.717, 1.165) is 0 Å². The highest BCUT2D eigenvalue weighted by Gasteiger charge is 2.04. The Morgan fingerprint density at radius 2 is 2.00 bits per heavy atom. The van der Waals surface area contributed by atoms with Crippen LogP contribution in [-0.4, -0.2) is 11.0 Å². The molecule has 0 aliphatic carbocycles. The molecule has 1 aromatic heterocycles. The Balaban J connectivity index is 2.67. The van der Waals surface area contributed by atoms with Crippen molar-refractivity contribution in [2.24, 2.45) is 0 Å². The number of carbonyl (C=O) groups is 1. The van der Waals surface area contributed by atoms with Crippen molar-refractivity contribution in [3.8, 4) is 0 Å². The van der Waals surface area contributed by atoms with Crippen molar-refractivity contribution in [3.05, 3.63) is 29.6 Å². The molecule has 88 valence electrons. The highest BCUT2D eigenvalue weighted by atomic mass is 31.2. The molecule has 1 rings (SSSR count). The molecule has 0 bridgehead atoms. The third-order valence-corrected chi connectivity index (χ3v) is 2.35.